The summed E-state index contributed by atoms with van der Waals surface area (Å²) in [6.45, 7) is 1.80. The van der Waals surface area contributed by atoms with E-state index in [-0.39, 0.29) is 16.2 Å². The number of carbonyl (C=O) groups is 1. The zero-order valence-corrected chi connectivity index (χ0v) is 24.1. The molecule has 0 spiro atoms. The van der Waals surface area contributed by atoms with Crippen LogP contribution in [0.3, 0.4) is 0 Å². The smallest absolute Gasteiger partial charge is 0.260 e. The second-order valence-electron chi connectivity index (χ2n) is 12.0. The summed E-state index contributed by atoms with van der Waals surface area (Å²) in [5.74, 6) is 2.18. The van der Waals surface area contributed by atoms with E-state index in [9.17, 15) is 13.2 Å². The minimum atomic E-state index is -3.64. The first-order valence-electron chi connectivity index (χ1n) is 14.3. The highest BCUT2D eigenvalue weighted by Gasteiger charge is 2.53. The van der Waals surface area contributed by atoms with Crippen molar-refractivity contribution in [2.75, 3.05) is 31.2 Å². The maximum Gasteiger partial charge on any atom is 0.260 e. The van der Waals surface area contributed by atoms with Gasteiger partial charge in [-0.05, 0) is 86.1 Å². The largest absolute Gasteiger partial charge is 0.379 e. The summed E-state index contributed by atoms with van der Waals surface area (Å²) in [5.41, 5.74) is 1.53. The number of amides is 1. The van der Waals surface area contributed by atoms with Gasteiger partial charge in [0, 0.05) is 24.1 Å². The Morgan fingerprint density at radius 3 is 2.17 bits per heavy atom. The van der Waals surface area contributed by atoms with Crippen LogP contribution in [0.1, 0.15) is 59.5 Å². The van der Waals surface area contributed by atoms with Crippen LogP contribution in [0.4, 0.5) is 5.13 Å². The number of carbonyl (C=O) groups excluding carboxylic acids is 1. The maximum atomic E-state index is 14.0. The Morgan fingerprint density at radius 1 is 0.925 bits per heavy atom. The van der Waals surface area contributed by atoms with E-state index >= 15 is 0 Å². The minimum absolute atomic E-state index is 0.113. The Kier molecular flexibility index (Phi) is 6.77. The van der Waals surface area contributed by atoms with Crippen molar-refractivity contribution in [3.05, 3.63) is 70.7 Å². The van der Waals surface area contributed by atoms with Crippen molar-refractivity contribution in [2.45, 2.75) is 55.4 Å². The summed E-state index contributed by atoms with van der Waals surface area (Å²) in [6.07, 6.45) is 7.67. The summed E-state index contributed by atoms with van der Waals surface area (Å²) >= 11 is 1.57. The number of morpholine rings is 1. The first-order valence-corrected chi connectivity index (χ1v) is 16.5. The fourth-order valence-electron chi connectivity index (χ4n) is 7.77. The molecule has 40 heavy (non-hydrogen) atoms. The average Bonchev–Trinajstić information content (AvgIpc) is 3.47. The summed E-state index contributed by atoms with van der Waals surface area (Å²) in [4.78, 5) is 15.8. The quantitative estimate of drug-likeness (QED) is 0.397. The molecule has 1 amide bonds. The van der Waals surface area contributed by atoms with Crippen molar-refractivity contribution in [2.24, 2.45) is 17.8 Å². The Morgan fingerprint density at radius 2 is 1.55 bits per heavy atom. The minimum Gasteiger partial charge on any atom is -0.379 e. The Balaban J connectivity index is 1.17. The molecule has 1 aliphatic heterocycles. The summed E-state index contributed by atoms with van der Waals surface area (Å²) in [5, 5.41) is 11.0. The van der Waals surface area contributed by atoms with E-state index in [1.54, 1.807) is 28.4 Å². The van der Waals surface area contributed by atoms with Crippen molar-refractivity contribution in [1.29, 1.82) is 0 Å². The van der Waals surface area contributed by atoms with Gasteiger partial charge in [-0.3, -0.25) is 9.69 Å². The second kappa shape index (κ2) is 10.3. The van der Waals surface area contributed by atoms with Gasteiger partial charge >= 0.3 is 0 Å². The highest BCUT2D eigenvalue weighted by atomic mass is 32.2. The molecule has 4 saturated carbocycles. The molecular formula is C30H34N4O4S2. The van der Waals surface area contributed by atoms with Gasteiger partial charge in [0.1, 0.15) is 5.01 Å². The first-order chi connectivity index (χ1) is 19.4. The number of ether oxygens (including phenoxy) is 1. The van der Waals surface area contributed by atoms with Crippen LogP contribution in [0, 0.1) is 17.8 Å². The third kappa shape index (κ3) is 4.78. The lowest BCUT2D eigenvalue weighted by Crippen LogP contribution is -2.48. The Hall–Kier alpha value is -2.66. The fourth-order valence-corrected chi connectivity index (χ4v) is 10.2. The number of nitrogens with zero attached hydrogens (tertiary/aromatic N) is 4. The van der Waals surface area contributed by atoms with E-state index in [1.807, 2.05) is 30.3 Å². The van der Waals surface area contributed by atoms with Crippen LogP contribution in [0.2, 0.25) is 0 Å². The zero-order chi connectivity index (χ0) is 27.3. The van der Waals surface area contributed by atoms with Gasteiger partial charge in [-0.2, -0.15) is 4.31 Å². The molecule has 4 aliphatic carbocycles. The molecule has 4 bridgehead atoms. The Bertz CT molecular complexity index is 1450. The van der Waals surface area contributed by atoms with Crippen LogP contribution < -0.4 is 4.90 Å². The van der Waals surface area contributed by atoms with Crippen LogP contribution >= 0.6 is 11.3 Å². The topological polar surface area (TPSA) is 92.7 Å². The van der Waals surface area contributed by atoms with E-state index in [0.717, 1.165) is 28.3 Å². The van der Waals surface area contributed by atoms with Crippen molar-refractivity contribution in [3.8, 4) is 0 Å². The van der Waals surface area contributed by atoms with Gasteiger partial charge in [0.2, 0.25) is 15.2 Å². The number of benzene rings is 2. The molecule has 0 unspecified atom stereocenters. The van der Waals surface area contributed by atoms with Crippen LogP contribution in [0.5, 0.6) is 0 Å². The van der Waals surface area contributed by atoms with Gasteiger partial charge in [0.25, 0.3) is 5.91 Å². The fraction of sp³-hybridized carbons (Fsp3) is 0.500. The predicted octanol–water partition coefficient (Wildman–Crippen LogP) is 4.87. The summed E-state index contributed by atoms with van der Waals surface area (Å²) in [6, 6.07) is 16.1. The van der Waals surface area contributed by atoms with Gasteiger partial charge < -0.3 is 4.74 Å². The number of rotatable bonds is 7. The van der Waals surface area contributed by atoms with Gasteiger partial charge in [-0.15, -0.1) is 10.2 Å². The van der Waals surface area contributed by atoms with Gasteiger partial charge in [0.05, 0.1) is 24.7 Å². The van der Waals surface area contributed by atoms with E-state index in [4.69, 9.17) is 9.84 Å². The predicted molar refractivity (Wildman–Crippen MR) is 153 cm³/mol. The Labute approximate surface area is 239 Å². The molecule has 10 heteroatoms. The summed E-state index contributed by atoms with van der Waals surface area (Å²) < 4.78 is 32.9. The van der Waals surface area contributed by atoms with Crippen molar-refractivity contribution < 1.29 is 17.9 Å². The maximum absolute atomic E-state index is 14.0. The molecule has 2 aromatic carbocycles. The van der Waals surface area contributed by atoms with Gasteiger partial charge in [-0.1, -0.05) is 41.7 Å². The van der Waals surface area contributed by atoms with Crippen LogP contribution in [0.15, 0.2) is 59.5 Å². The highest BCUT2D eigenvalue weighted by molar-refractivity contribution is 7.89. The molecular weight excluding hydrogens is 544 g/mol. The normalized spacial score (nSPS) is 28.1. The van der Waals surface area contributed by atoms with Crippen molar-refractivity contribution in [3.63, 3.8) is 0 Å². The molecule has 210 valence electrons. The lowest BCUT2D eigenvalue weighted by molar-refractivity contribution is -0.00555. The van der Waals surface area contributed by atoms with Crippen LogP contribution in [0.25, 0.3) is 0 Å². The van der Waals surface area contributed by atoms with Gasteiger partial charge in [-0.25, -0.2) is 8.42 Å². The molecule has 2 heterocycles. The molecule has 0 atom stereocenters. The van der Waals surface area contributed by atoms with Crippen LogP contribution in [-0.4, -0.2) is 55.1 Å². The number of sulfonamides is 1. The number of hydrogen-bond donors (Lipinski definition) is 0. The monoisotopic (exact) mass is 578 g/mol. The molecule has 1 saturated heterocycles. The molecule has 0 N–H and O–H groups in total. The number of aromatic nitrogens is 2. The van der Waals surface area contributed by atoms with Crippen molar-refractivity contribution in [1.82, 2.24) is 14.5 Å². The average molecular weight is 579 g/mol. The lowest BCUT2D eigenvalue weighted by Gasteiger charge is -2.55. The molecule has 1 aromatic heterocycles. The van der Waals surface area contributed by atoms with Gasteiger partial charge in [0.15, 0.2) is 0 Å². The molecule has 3 aromatic rings. The van der Waals surface area contributed by atoms with E-state index in [2.05, 4.69) is 5.10 Å². The molecule has 8 nitrogen and oxygen atoms in total. The number of hydrogen-bond acceptors (Lipinski definition) is 7. The van der Waals surface area contributed by atoms with E-state index < -0.39 is 10.0 Å². The zero-order valence-electron chi connectivity index (χ0n) is 22.4. The summed E-state index contributed by atoms with van der Waals surface area (Å²) in [7, 11) is -3.64. The molecule has 5 fully saturated rings. The van der Waals surface area contributed by atoms with E-state index in [0.29, 0.717) is 43.5 Å². The molecule has 8 rings (SSSR count). The third-order valence-corrected chi connectivity index (χ3v) is 12.4. The lowest BCUT2D eigenvalue weighted by atomic mass is 9.50. The third-order valence-electron chi connectivity index (χ3n) is 9.27. The standard InChI is InChI=1S/C30H34N4O4S2/c35-27(25-6-8-26(9-7-25)40(36,37)33-10-12-38-13-11-33)34(20-21-4-2-1-3-5-21)29-32-31-28(39-29)30-17-22-14-23(18-30)16-24(15-22)19-30/h1-9,22-24H,10-20H2. The van der Waals surface area contributed by atoms with E-state index in [1.165, 1.54) is 55.0 Å². The van der Waals surface area contributed by atoms with Crippen molar-refractivity contribution >= 4 is 32.4 Å². The molecule has 5 aliphatic rings. The SMILES string of the molecule is O=C(c1ccc(S(=O)(=O)N2CCOCC2)cc1)N(Cc1ccccc1)c1nnc(C23CC4CC(CC(C4)C2)C3)s1. The number of anilines is 1. The highest BCUT2D eigenvalue weighted by Crippen LogP contribution is 2.61. The first kappa shape index (κ1) is 26.3. The second-order valence-corrected chi connectivity index (χ2v) is 14.9. The van der Waals surface area contributed by atoms with Crippen LogP contribution in [-0.2, 0) is 26.7 Å². The molecule has 0 radical (unpaired) electrons.